The Morgan fingerprint density at radius 1 is 0.915 bits per heavy atom. The van der Waals surface area contributed by atoms with Crippen molar-refractivity contribution >= 4 is 27.4 Å². The average Bonchev–Trinajstić information content (AvgIpc) is 3.83. The molecule has 6 fully saturated rings. The number of nitrogens with zero attached hydrogens (tertiary/aromatic N) is 2. The topological polar surface area (TPSA) is 136 Å². The summed E-state index contributed by atoms with van der Waals surface area (Å²) in [5, 5.41) is 60.1. The van der Waals surface area contributed by atoms with Gasteiger partial charge in [-0.2, -0.15) is 0 Å². The van der Waals surface area contributed by atoms with Gasteiger partial charge in [0.25, 0.3) is 0 Å². The van der Waals surface area contributed by atoms with Gasteiger partial charge in [0.05, 0.1) is 30.2 Å². The van der Waals surface area contributed by atoms with Crippen LogP contribution >= 0.6 is 21.6 Å². The fourth-order valence-corrected chi connectivity index (χ4v) is 19.8. The Morgan fingerprint density at radius 3 is 2.51 bits per heavy atom. The summed E-state index contributed by atoms with van der Waals surface area (Å²) in [6.07, 6.45) is 20.2. The molecule has 2 heterocycles. The minimum Gasteiger partial charge on any atom is -0.396 e. The van der Waals surface area contributed by atoms with Gasteiger partial charge in [-0.3, -0.25) is 4.79 Å². The molecule has 0 aromatic carbocycles. The molecule has 1 aliphatic heterocycles. The second-order valence-electron chi connectivity index (χ2n) is 22.1. The Balaban J connectivity index is 1.15. The van der Waals surface area contributed by atoms with Crippen molar-refractivity contribution in [2.24, 2.45) is 63.6 Å². The van der Waals surface area contributed by atoms with E-state index in [-0.39, 0.29) is 71.0 Å². The summed E-state index contributed by atoms with van der Waals surface area (Å²) in [5.41, 5.74) is 4.75. The fourth-order valence-electron chi connectivity index (χ4n) is 16.5. The number of carbonyl (C=O) groups is 1. The van der Waals surface area contributed by atoms with Gasteiger partial charge in [-0.1, -0.05) is 78.0 Å². The van der Waals surface area contributed by atoms with Gasteiger partial charge in [-0.15, -0.1) is 0 Å². The molecule has 5 saturated carbocycles. The van der Waals surface area contributed by atoms with E-state index >= 15 is 0 Å². The molecular weight excluding hydrogens is 777 g/mol. The standard InChI is InChI=1S/C49H70N2O6S2/c1-46(2)23-28(51-17-16-50-26-51)25-58-59-41(13-8-18-52)37-20-34(32-19-27-9-7-12-30-29-10-5-6-11-31(29)44(46)43(42(27)30)45(32)56)48(4)15-14-33-35(49(37,48)57)21-38(53)36-22-39(54)40(55)24-47(33,36)3/h16-17,21,26-29,32-34,36-37,39-41,43,45,52,54-57H,5-15,18-20,22-25H2,1-4H3/t27-,28-,29-,32-,33-,34+,36-,37-,39+,40-,41+,43+,45-,47+,48+,49-/m0/s1. The molecule has 10 heteroatoms. The maximum Gasteiger partial charge on any atom is 0.159 e. The first kappa shape index (κ1) is 41.6. The second-order valence-corrected chi connectivity index (χ2v) is 24.7. The van der Waals surface area contributed by atoms with Crippen LogP contribution < -0.4 is 0 Å². The fraction of sp³-hybridized carbons (Fsp3) is 0.796. The predicted octanol–water partition coefficient (Wildman–Crippen LogP) is 8.40. The van der Waals surface area contributed by atoms with Gasteiger partial charge in [-0.05, 0) is 142 Å². The predicted molar refractivity (Wildman–Crippen MR) is 234 cm³/mol. The van der Waals surface area contributed by atoms with E-state index in [4.69, 9.17) is 0 Å². The highest BCUT2D eigenvalue weighted by Crippen LogP contribution is 2.73. The van der Waals surface area contributed by atoms with Crippen LogP contribution in [0.25, 0.3) is 0 Å². The Morgan fingerprint density at radius 2 is 1.73 bits per heavy atom. The van der Waals surface area contributed by atoms with Crippen molar-refractivity contribution in [3.8, 4) is 0 Å². The normalized spacial score (nSPS) is 48.0. The molecule has 5 N–H and O–H groups in total. The van der Waals surface area contributed by atoms with Gasteiger partial charge in [-0.25, -0.2) is 4.98 Å². The molecule has 8 nitrogen and oxygen atoms in total. The van der Waals surface area contributed by atoms with Gasteiger partial charge in [0.2, 0.25) is 0 Å². The van der Waals surface area contributed by atoms with E-state index in [1.807, 2.05) is 40.2 Å². The maximum absolute atomic E-state index is 14.4. The summed E-state index contributed by atoms with van der Waals surface area (Å²) < 4.78 is 2.30. The van der Waals surface area contributed by atoms with E-state index in [9.17, 15) is 30.3 Å². The van der Waals surface area contributed by atoms with Crippen LogP contribution in [0.1, 0.15) is 136 Å². The number of aromatic nitrogens is 2. The highest BCUT2D eigenvalue weighted by molar-refractivity contribution is 8.76. The largest absolute Gasteiger partial charge is 0.396 e. The molecule has 0 unspecified atom stereocenters. The Bertz CT molecular complexity index is 1910. The van der Waals surface area contributed by atoms with Crippen molar-refractivity contribution < 1.29 is 30.3 Å². The highest BCUT2D eigenvalue weighted by Gasteiger charge is 2.72. The van der Waals surface area contributed by atoms with Crippen LogP contribution in [0.5, 0.6) is 0 Å². The van der Waals surface area contributed by atoms with Crippen molar-refractivity contribution in [2.75, 3.05) is 12.4 Å². The molecule has 324 valence electrons. The first-order valence-corrected chi connectivity index (χ1v) is 26.0. The smallest absolute Gasteiger partial charge is 0.159 e. The van der Waals surface area contributed by atoms with E-state index in [2.05, 4.69) is 43.4 Å². The van der Waals surface area contributed by atoms with E-state index in [0.29, 0.717) is 24.7 Å². The molecule has 0 radical (unpaired) electrons. The van der Waals surface area contributed by atoms with Crippen molar-refractivity contribution in [2.45, 2.75) is 166 Å². The van der Waals surface area contributed by atoms with E-state index in [1.54, 1.807) is 22.3 Å². The Kier molecular flexibility index (Phi) is 10.7. The second kappa shape index (κ2) is 15.1. The molecule has 8 aliphatic carbocycles. The molecule has 1 saturated heterocycles. The summed E-state index contributed by atoms with van der Waals surface area (Å²) in [6, 6.07) is 0.183. The third kappa shape index (κ3) is 6.15. The molecule has 1 aromatic rings. The number of aliphatic hydroxyl groups excluding tert-OH is 4. The van der Waals surface area contributed by atoms with Crippen molar-refractivity contribution in [3.63, 3.8) is 0 Å². The highest BCUT2D eigenvalue weighted by atomic mass is 33.1. The first-order valence-electron chi connectivity index (χ1n) is 23.6. The Hall–Kier alpha value is -1.40. The van der Waals surface area contributed by atoms with E-state index in [1.165, 1.54) is 32.1 Å². The summed E-state index contributed by atoms with van der Waals surface area (Å²) in [5.74, 6) is 1.25. The SMILES string of the molecule is CC1(C)C[C@H](n2ccnc2)CSS[C@H](CCCO)[C@@H]2C[C@H]([C@@H]3C[C@@H]4CCCC5=C4[C@H](C1=C1CCCC[C@@H]51)[C@H]3O)[C@@]1(C)CC[C@H]3C(=CC(=O)[C@@H]4C[C@@H](O)[C@@H](O)C[C@@]43C)[C@]21O. The van der Waals surface area contributed by atoms with Crippen molar-refractivity contribution in [1.29, 1.82) is 0 Å². The monoisotopic (exact) mass is 846 g/mol. The molecular formula is C49H70N2O6S2. The molecule has 59 heavy (non-hydrogen) atoms. The lowest BCUT2D eigenvalue weighted by Gasteiger charge is -2.62. The zero-order chi connectivity index (χ0) is 41.2. The number of allylic oxidation sites excluding steroid dienone is 3. The number of carbonyl (C=O) groups excluding carboxylic acids is 1. The third-order valence-corrected chi connectivity index (χ3v) is 22.0. The van der Waals surface area contributed by atoms with Crippen LogP contribution in [-0.2, 0) is 4.79 Å². The third-order valence-electron chi connectivity index (χ3n) is 19.0. The van der Waals surface area contributed by atoms with Crippen LogP contribution in [0.4, 0.5) is 0 Å². The van der Waals surface area contributed by atoms with Crippen LogP contribution in [0.15, 0.2) is 52.7 Å². The molecule has 9 aliphatic rings. The molecule has 4 bridgehead atoms. The number of rotatable bonds is 4. The maximum atomic E-state index is 14.4. The zero-order valence-corrected chi connectivity index (χ0v) is 37.5. The van der Waals surface area contributed by atoms with E-state index < -0.39 is 34.7 Å². The molecule has 0 spiro atoms. The first-order chi connectivity index (χ1) is 28.2. The molecule has 1 aromatic heterocycles. The lowest BCUT2D eigenvalue weighted by atomic mass is 9.44. The van der Waals surface area contributed by atoms with Crippen LogP contribution in [-0.4, -0.2) is 82.4 Å². The van der Waals surface area contributed by atoms with Crippen LogP contribution in [0.3, 0.4) is 0 Å². The average molecular weight is 847 g/mol. The minimum atomic E-state index is -1.29. The minimum absolute atomic E-state index is 0.00405. The van der Waals surface area contributed by atoms with E-state index in [0.717, 1.165) is 62.7 Å². The lowest BCUT2D eigenvalue weighted by molar-refractivity contribution is -0.161. The van der Waals surface area contributed by atoms with Crippen LogP contribution in [0.2, 0.25) is 0 Å². The molecule has 16 atom stereocenters. The lowest BCUT2D eigenvalue weighted by Crippen LogP contribution is -2.63. The van der Waals surface area contributed by atoms with Gasteiger partial charge in [0, 0.05) is 65.1 Å². The number of fused-ring (bicyclic) bond motifs is 13. The summed E-state index contributed by atoms with van der Waals surface area (Å²) in [6.45, 7) is 9.52. The summed E-state index contributed by atoms with van der Waals surface area (Å²) >= 11 is 0. The van der Waals surface area contributed by atoms with Crippen molar-refractivity contribution in [1.82, 2.24) is 9.55 Å². The van der Waals surface area contributed by atoms with Gasteiger partial charge < -0.3 is 30.1 Å². The number of imidazole rings is 1. The molecule has 0 amide bonds. The van der Waals surface area contributed by atoms with Gasteiger partial charge in [0.1, 0.15) is 0 Å². The number of ketones is 1. The zero-order valence-electron chi connectivity index (χ0n) is 35.9. The van der Waals surface area contributed by atoms with Gasteiger partial charge >= 0.3 is 0 Å². The summed E-state index contributed by atoms with van der Waals surface area (Å²) in [4.78, 5) is 19.0. The Labute approximate surface area is 360 Å². The number of hydrogen-bond acceptors (Lipinski definition) is 9. The number of hydrogen-bond donors (Lipinski definition) is 5. The quantitative estimate of drug-likeness (QED) is 0.150. The van der Waals surface area contributed by atoms with Crippen molar-refractivity contribution in [3.05, 3.63) is 52.7 Å². The summed E-state index contributed by atoms with van der Waals surface area (Å²) in [7, 11) is 3.79. The number of aliphatic hydroxyl groups is 5. The van der Waals surface area contributed by atoms with Gasteiger partial charge in [0.15, 0.2) is 5.78 Å². The molecule has 10 rings (SSSR count). The van der Waals surface area contributed by atoms with Crippen LogP contribution in [0, 0.1) is 63.6 Å².